The van der Waals surface area contributed by atoms with Crippen LogP contribution in [0.5, 0.6) is 0 Å². The second-order valence-corrected chi connectivity index (χ2v) is 7.85. The average molecular weight is 345 g/mol. The quantitative estimate of drug-likeness (QED) is 0.845. The van der Waals surface area contributed by atoms with E-state index in [1.165, 1.54) is 13.0 Å². The average Bonchev–Trinajstić information content (AvgIpc) is 2.94. The summed E-state index contributed by atoms with van der Waals surface area (Å²) in [6, 6.07) is 6.33. The molecular formula is C15H21ClN2O3S. The minimum atomic E-state index is -3.50. The van der Waals surface area contributed by atoms with Crippen LogP contribution in [0.1, 0.15) is 23.7 Å². The Balaban J connectivity index is 0.00000176. The molecule has 2 heterocycles. The zero-order chi connectivity index (χ0) is 15.0. The van der Waals surface area contributed by atoms with Gasteiger partial charge in [0, 0.05) is 18.7 Å². The van der Waals surface area contributed by atoms with Crippen molar-refractivity contribution in [2.75, 3.05) is 26.2 Å². The number of hydrogen-bond acceptors (Lipinski definition) is 4. The molecule has 0 saturated carbocycles. The molecule has 2 unspecified atom stereocenters. The molecular weight excluding hydrogens is 324 g/mol. The molecule has 2 fully saturated rings. The summed E-state index contributed by atoms with van der Waals surface area (Å²) in [5.41, 5.74) is 0.438. The van der Waals surface area contributed by atoms with Gasteiger partial charge < -0.3 is 5.32 Å². The number of ketones is 1. The van der Waals surface area contributed by atoms with E-state index in [2.05, 4.69) is 5.32 Å². The van der Waals surface area contributed by atoms with E-state index in [-0.39, 0.29) is 23.1 Å². The van der Waals surface area contributed by atoms with Gasteiger partial charge in [-0.05, 0) is 50.4 Å². The highest BCUT2D eigenvalue weighted by molar-refractivity contribution is 7.89. The number of nitrogens with one attached hydrogen (secondary N) is 1. The predicted octanol–water partition coefficient (Wildman–Crippen LogP) is 1.54. The maximum absolute atomic E-state index is 12.7. The number of benzene rings is 1. The third kappa shape index (κ3) is 3.20. The number of hydrogen-bond donors (Lipinski definition) is 1. The topological polar surface area (TPSA) is 66.5 Å². The number of piperidine rings is 1. The first-order chi connectivity index (χ1) is 9.98. The highest BCUT2D eigenvalue weighted by Crippen LogP contribution is 2.30. The number of sulfonamides is 1. The summed E-state index contributed by atoms with van der Waals surface area (Å²) in [7, 11) is -3.50. The maximum Gasteiger partial charge on any atom is 0.243 e. The standard InChI is InChI=1S/C15H20N2O3S.ClH/c1-11(18)12-3-2-4-15(7-12)21(19,20)17-6-5-13-8-16-9-14(13)10-17;/h2-4,7,13-14,16H,5-6,8-10H2,1H3;1H. The van der Waals surface area contributed by atoms with Crippen molar-refractivity contribution in [1.82, 2.24) is 9.62 Å². The van der Waals surface area contributed by atoms with E-state index in [0.29, 0.717) is 30.5 Å². The van der Waals surface area contributed by atoms with E-state index in [4.69, 9.17) is 0 Å². The van der Waals surface area contributed by atoms with Gasteiger partial charge in [0.1, 0.15) is 0 Å². The molecule has 5 nitrogen and oxygen atoms in total. The van der Waals surface area contributed by atoms with Crippen LogP contribution in [0.4, 0.5) is 0 Å². The van der Waals surface area contributed by atoms with Gasteiger partial charge in [0.05, 0.1) is 4.90 Å². The van der Waals surface area contributed by atoms with Crippen LogP contribution in [0, 0.1) is 11.8 Å². The lowest BCUT2D eigenvalue weighted by Gasteiger charge is -2.33. The molecule has 7 heteroatoms. The molecule has 0 aromatic heterocycles. The van der Waals surface area contributed by atoms with Crippen molar-refractivity contribution in [3.05, 3.63) is 29.8 Å². The number of fused-ring (bicyclic) bond motifs is 1. The summed E-state index contributed by atoms with van der Waals surface area (Å²) in [5, 5.41) is 3.33. The van der Waals surface area contributed by atoms with E-state index in [9.17, 15) is 13.2 Å². The summed E-state index contributed by atoms with van der Waals surface area (Å²) in [4.78, 5) is 11.7. The Hall–Kier alpha value is -0.950. The Morgan fingerprint density at radius 2 is 2.00 bits per heavy atom. The fraction of sp³-hybridized carbons (Fsp3) is 0.533. The number of halogens is 1. The van der Waals surface area contributed by atoms with Crippen LogP contribution in [0.15, 0.2) is 29.2 Å². The minimum absolute atomic E-state index is 0. The van der Waals surface area contributed by atoms with Crippen LogP contribution in [0.3, 0.4) is 0 Å². The van der Waals surface area contributed by atoms with Crippen LogP contribution in [-0.4, -0.2) is 44.7 Å². The Bertz CT molecular complexity index is 663. The van der Waals surface area contributed by atoms with E-state index < -0.39 is 10.0 Å². The molecule has 0 amide bonds. The van der Waals surface area contributed by atoms with Gasteiger partial charge in [0.15, 0.2) is 5.78 Å². The van der Waals surface area contributed by atoms with Gasteiger partial charge in [-0.2, -0.15) is 4.31 Å². The first kappa shape index (κ1) is 17.4. The Morgan fingerprint density at radius 1 is 1.27 bits per heavy atom. The molecule has 1 N–H and O–H groups in total. The zero-order valence-corrected chi connectivity index (χ0v) is 14.1. The van der Waals surface area contributed by atoms with Crippen molar-refractivity contribution >= 4 is 28.2 Å². The molecule has 22 heavy (non-hydrogen) atoms. The van der Waals surface area contributed by atoms with Gasteiger partial charge in [-0.15, -0.1) is 12.4 Å². The van der Waals surface area contributed by atoms with Gasteiger partial charge in [-0.3, -0.25) is 4.79 Å². The smallest absolute Gasteiger partial charge is 0.243 e. The van der Waals surface area contributed by atoms with E-state index in [1.807, 2.05) is 0 Å². The molecule has 3 rings (SSSR count). The van der Waals surface area contributed by atoms with Crippen molar-refractivity contribution in [1.29, 1.82) is 0 Å². The van der Waals surface area contributed by atoms with Gasteiger partial charge >= 0.3 is 0 Å². The number of Topliss-reactive ketones (excluding diaryl/α,β-unsaturated/α-hetero) is 1. The molecule has 2 saturated heterocycles. The molecule has 0 spiro atoms. The Labute approximate surface area is 137 Å². The Kier molecular flexibility index (Phi) is 5.27. The van der Waals surface area contributed by atoms with Gasteiger partial charge in [0.25, 0.3) is 0 Å². The third-order valence-corrected chi connectivity index (χ3v) is 6.41. The first-order valence-corrected chi connectivity index (χ1v) is 8.74. The lowest BCUT2D eigenvalue weighted by atomic mass is 9.90. The van der Waals surface area contributed by atoms with Crippen molar-refractivity contribution in [3.8, 4) is 0 Å². The summed E-state index contributed by atoms with van der Waals surface area (Å²) >= 11 is 0. The summed E-state index contributed by atoms with van der Waals surface area (Å²) in [6.45, 7) is 4.48. The maximum atomic E-state index is 12.7. The number of rotatable bonds is 3. The van der Waals surface area contributed by atoms with E-state index in [0.717, 1.165) is 19.5 Å². The fourth-order valence-corrected chi connectivity index (χ4v) is 4.80. The molecule has 1 aromatic rings. The van der Waals surface area contributed by atoms with Crippen LogP contribution in [-0.2, 0) is 10.0 Å². The lowest BCUT2D eigenvalue weighted by molar-refractivity contribution is 0.101. The minimum Gasteiger partial charge on any atom is -0.316 e. The largest absolute Gasteiger partial charge is 0.316 e. The van der Waals surface area contributed by atoms with E-state index >= 15 is 0 Å². The number of carbonyl (C=O) groups excluding carboxylic acids is 1. The number of carbonyl (C=O) groups is 1. The summed E-state index contributed by atoms with van der Waals surface area (Å²) in [6.07, 6.45) is 0.906. The fourth-order valence-electron chi connectivity index (χ4n) is 3.24. The van der Waals surface area contributed by atoms with Crippen molar-refractivity contribution < 1.29 is 13.2 Å². The van der Waals surface area contributed by atoms with Crippen molar-refractivity contribution in [2.24, 2.45) is 11.8 Å². The second kappa shape index (κ2) is 6.66. The van der Waals surface area contributed by atoms with Crippen molar-refractivity contribution in [2.45, 2.75) is 18.2 Å². The van der Waals surface area contributed by atoms with Crippen LogP contribution in [0.2, 0.25) is 0 Å². The van der Waals surface area contributed by atoms with Crippen LogP contribution >= 0.6 is 12.4 Å². The van der Waals surface area contributed by atoms with Gasteiger partial charge in [-0.1, -0.05) is 12.1 Å². The second-order valence-electron chi connectivity index (χ2n) is 5.91. The molecule has 2 atom stereocenters. The van der Waals surface area contributed by atoms with Gasteiger partial charge in [-0.25, -0.2) is 8.42 Å². The molecule has 2 aliphatic heterocycles. The molecule has 0 bridgehead atoms. The normalized spacial score (nSPS) is 25.3. The summed E-state index contributed by atoms with van der Waals surface area (Å²) < 4.78 is 27.1. The SMILES string of the molecule is CC(=O)c1cccc(S(=O)(=O)N2CCC3CNCC3C2)c1.Cl. The lowest BCUT2D eigenvalue weighted by Crippen LogP contribution is -2.43. The van der Waals surface area contributed by atoms with Crippen molar-refractivity contribution in [3.63, 3.8) is 0 Å². The molecule has 1 aromatic carbocycles. The van der Waals surface area contributed by atoms with E-state index in [1.54, 1.807) is 22.5 Å². The molecule has 0 radical (unpaired) electrons. The zero-order valence-electron chi connectivity index (χ0n) is 12.5. The summed E-state index contributed by atoms with van der Waals surface area (Å²) in [5.74, 6) is 0.885. The molecule has 122 valence electrons. The Morgan fingerprint density at radius 3 is 2.73 bits per heavy atom. The highest BCUT2D eigenvalue weighted by atomic mass is 35.5. The molecule has 2 aliphatic rings. The van der Waals surface area contributed by atoms with Crippen LogP contribution in [0.25, 0.3) is 0 Å². The third-order valence-electron chi connectivity index (χ3n) is 4.55. The monoisotopic (exact) mass is 344 g/mol. The van der Waals surface area contributed by atoms with Crippen LogP contribution < -0.4 is 5.32 Å². The number of nitrogens with zero attached hydrogens (tertiary/aromatic N) is 1. The van der Waals surface area contributed by atoms with Gasteiger partial charge in [0.2, 0.25) is 10.0 Å². The predicted molar refractivity (Wildman–Crippen MR) is 86.9 cm³/mol. The highest BCUT2D eigenvalue weighted by Gasteiger charge is 2.37. The molecule has 0 aliphatic carbocycles. The first-order valence-electron chi connectivity index (χ1n) is 7.30.